The Bertz CT molecular complexity index is 697. The second-order valence-corrected chi connectivity index (χ2v) is 8.06. The van der Waals surface area contributed by atoms with Gasteiger partial charge in [0, 0.05) is 19.1 Å². The predicted octanol–water partition coefficient (Wildman–Crippen LogP) is 0.702. The Morgan fingerprint density at radius 3 is 2.78 bits per heavy atom. The number of furan rings is 1. The van der Waals surface area contributed by atoms with Gasteiger partial charge in [0.05, 0.1) is 18.6 Å². The average Bonchev–Trinajstić information content (AvgIpc) is 3.24. The molecule has 0 bridgehead atoms. The van der Waals surface area contributed by atoms with Crippen molar-refractivity contribution in [3.05, 3.63) is 23.7 Å². The number of hydrogen-bond acceptors (Lipinski definition) is 5. The van der Waals surface area contributed by atoms with Gasteiger partial charge in [-0.05, 0) is 58.6 Å². The van der Waals surface area contributed by atoms with E-state index in [1.54, 1.807) is 6.07 Å². The van der Waals surface area contributed by atoms with Crippen LogP contribution in [0.5, 0.6) is 0 Å². The average molecular weight is 375 g/mol. The van der Waals surface area contributed by atoms with Crippen LogP contribution < -0.4 is 10.6 Å². The molecule has 0 spiro atoms. The number of likely N-dealkylation sites (tertiary alicyclic amines) is 1. The van der Waals surface area contributed by atoms with Crippen molar-refractivity contribution in [3.63, 3.8) is 0 Å². The zero-order chi connectivity index (χ0) is 19.0. The van der Waals surface area contributed by atoms with Crippen LogP contribution in [-0.4, -0.2) is 85.0 Å². The number of nitrogens with zero attached hydrogens (tertiary/aromatic N) is 3. The van der Waals surface area contributed by atoms with E-state index in [2.05, 4.69) is 15.5 Å². The number of carbonyl (C=O) groups excluding carboxylic acids is 2. The van der Waals surface area contributed by atoms with E-state index >= 15 is 0 Å². The third-order valence-electron chi connectivity index (χ3n) is 5.81. The molecule has 0 aliphatic carbocycles. The number of rotatable bonds is 4. The Balaban J connectivity index is 1.40. The first-order valence-corrected chi connectivity index (χ1v) is 9.85. The molecule has 1 aromatic heterocycles. The Kier molecular flexibility index (Phi) is 5.10. The molecule has 4 rings (SSSR count). The topological polar surface area (TPSA) is 81.1 Å². The van der Waals surface area contributed by atoms with Crippen molar-refractivity contribution in [2.45, 2.75) is 43.9 Å². The summed E-state index contributed by atoms with van der Waals surface area (Å²) in [7, 11) is 3.93. The summed E-state index contributed by atoms with van der Waals surface area (Å²) in [4.78, 5) is 31.3. The maximum absolute atomic E-state index is 12.8. The molecule has 148 valence electrons. The molecular weight excluding hydrogens is 346 g/mol. The fourth-order valence-electron chi connectivity index (χ4n) is 4.55. The lowest BCUT2D eigenvalue weighted by Gasteiger charge is -2.40. The summed E-state index contributed by atoms with van der Waals surface area (Å²) in [6.07, 6.45) is 2.81. The molecule has 8 nitrogen and oxygen atoms in total. The summed E-state index contributed by atoms with van der Waals surface area (Å²) < 4.78 is 5.72. The number of piperidine rings is 2. The molecule has 2 unspecified atom stereocenters. The number of urea groups is 1. The van der Waals surface area contributed by atoms with Crippen molar-refractivity contribution in [2.24, 2.45) is 0 Å². The quantitative estimate of drug-likeness (QED) is 0.810. The van der Waals surface area contributed by atoms with Gasteiger partial charge < -0.3 is 29.8 Å². The lowest BCUT2D eigenvalue weighted by Crippen LogP contribution is -2.55. The first-order valence-electron chi connectivity index (χ1n) is 9.85. The van der Waals surface area contributed by atoms with E-state index < -0.39 is 0 Å². The van der Waals surface area contributed by atoms with Gasteiger partial charge in [-0.2, -0.15) is 0 Å². The molecule has 8 heteroatoms. The molecular formula is C19H29N5O3. The lowest BCUT2D eigenvalue weighted by atomic mass is 9.96. The molecule has 0 radical (unpaired) electrons. The monoisotopic (exact) mass is 375 g/mol. The van der Waals surface area contributed by atoms with Gasteiger partial charge in [-0.15, -0.1) is 0 Å². The first-order chi connectivity index (χ1) is 13.0. The molecule has 3 fully saturated rings. The van der Waals surface area contributed by atoms with Crippen LogP contribution in [0.25, 0.3) is 0 Å². The zero-order valence-electron chi connectivity index (χ0n) is 16.1. The number of carbonyl (C=O) groups is 2. The minimum absolute atomic E-state index is 0.00120. The van der Waals surface area contributed by atoms with Crippen LogP contribution in [0, 0.1) is 0 Å². The van der Waals surface area contributed by atoms with E-state index in [1.807, 2.05) is 30.0 Å². The first kappa shape index (κ1) is 18.3. The summed E-state index contributed by atoms with van der Waals surface area (Å²) in [5.41, 5.74) is 0. The molecule has 2 N–H and O–H groups in total. The third-order valence-corrected chi connectivity index (χ3v) is 5.81. The van der Waals surface area contributed by atoms with Gasteiger partial charge in [-0.1, -0.05) is 0 Å². The Morgan fingerprint density at radius 2 is 2.04 bits per heavy atom. The maximum Gasteiger partial charge on any atom is 0.318 e. The highest BCUT2D eigenvalue weighted by Crippen LogP contribution is 2.28. The summed E-state index contributed by atoms with van der Waals surface area (Å²) >= 11 is 0. The van der Waals surface area contributed by atoms with Gasteiger partial charge in [0.2, 0.25) is 0 Å². The fourth-order valence-corrected chi connectivity index (χ4v) is 4.55. The van der Waals surface area contributed by atoms with Crippen LogP contribution >= 0.6 is 0 Å². The third kappa shape index (κ3) is 3.68. The molecule has 3 amide bonds. The van der Waals surface area contributed by atoms with Crippen molar-refractivity contribution in [3.8, 4) is 0 Å². The van der Waals surface area contributed by atoms with Crippen LogP contribution in [0.1, 0.15) is 35.6 Å². The predicted molar refractivity (Wildman–Crippen MR) is 100 cm³/mol. The van der Waals surface area contributed by atoms with Gasteiger partial charge in [0.1, 0.15) is 5.76 Å². The SMILES string of the molecule is CN(C)Cc1ccc(C(=O)N2CCC3C(C2)NC(=O)N3C2CCNCC2)o1. The Hall–Kier alpha value is -2.06. The van der Waals surface area contributed by atoms with Gasteiger partial charge in [-0.25, -0.2) is 4.79 Å². The number of fused-ring (bicyclic) bond motifs is 1. The summed E-state index contributed by atoms with van der Waals surface area (Å²) in [6, 6.07) is 4.13. The van der Waals surface area contributed by atoms with Crippen molar-refractivity contribution in [2.75, 3.05) is 40.3 Å². The normalized spacial score (nSPS) is 26.4. The van der Waals surface area contributed by atoms with Crippen molar-refractivity contribution in [1.29, 1.82) is 0 Å². The zero-order valence-corrected chi connectivity index (χ0v) is 16.1. The molecule has 2 atom stereocenters. The van der Waals surface area contributed by atoms with E-state index in [0.717, 1.165) is 38.1 Å². The highest BCUT2D eigenvalue weighted by molar-refractivity contribution is 5.92. The standard InChI is InChI=1S/C19H29N5O3/c1-22(2)11-14-3-4-17(27-14)18(25)23-10-7-16-15(12-23)21-19(26)24(16)13-5-8-20-9-6-13/h3-4,13,15-16,20H,5-12H2,1-2H3,(H,21,26). The second kappa shape index (κ2) is 7.52. The minimum atomic E-state index is -0.0898. The van der Waals surface area contributed by atoms with Gasteiger partial charge in [0.15, 0.2) is 5.76 Å². The Labute approximate surface area is 159 Å². The van der Waals surface area contributed by atoms with Gasteiger partial charge in [0.25, 0.3) is 5.91 Å². The highest BCUT2D eigenvalue weighted by atomic mass is 16.4. The Morgan fingerprint density at radius 1 is 1.26 bits per heavy atom. The van der Waals surface area contributed by atoms with E-state index in [4.69, 9.17) is 4.42 Å². The van der Waals surface area contributed by atoms with Crippen LogP contribution in [-0.2, 0) is 6.54 Å². The lowest BCUT2D eigenvalue weighted by molar-refractivity contribution is 0.0591. The number of hydrogen-bond donors (Lipinski definition) is 2. The molecule has 0 saturated carbocycles. The molecule has 0 aromatic carbocycles. The summed E-state index contributed by atoms with van der Waals surface area (Å²) in [6.45, 7) is 3.79. The second-order valence-electron chi connectivity index (χ2n) is 8.06. The number of nitrogens with one attached hydrogen (secondary N) is 2. The molecule has 4 heterocycles. The van der Waals surface area contributed by atoms with Crippen LogP contribution in [0.2, 0.25) is 0 Å². The summed E-state index contributed by atoms with van der Waals surface area (Å²) in [5.74, 6) is 1.07. The van der Waals surface area contributed by atoms with Crippen LogP contribution in [0.15, 0.2) is 16.5 Å². The molecule has 3 aliphatic rings. The van der Waals surface area contributed by atoms with E-state index in [-0.39, 0.29) is 24.0 Å². The molecule has 1 aromatic rings. The van der Waals surface area contributed by atoms with Crippen molar-refractivity contribution >= 4 is 11.9 Å². The fraction of sp³-hybridized carbons (Fsp3) is 0.684. The van der Waals surface area contributed by atoms with Gasteiger partial charge in [-0.3, -0.25) is 4.79 Å². The van der Waals surface area contributed by atoms with Crippen LogP contribution in [0.3, 0.4) is 0 Å². The largest absolute Gasteiger partial charge is 0.455 e. The van der Waals surface area contributed by atoms with Crippen LogP contribution in [0.4, 0.5) is 4.79 Å². The van der Waals surface area contributed by atoms with Crippen molar-refractivity contribution in [1.82, 2.24) is 25.3 Å². The van der Waals surface area contributed by atoms with E-state index in [9.17, 15) is 9.59 Å². The van der Waals surface area contributed by atoms with Crippen molar-refractivity contribution < 1.29 is 14.0 Å². The smallest absolute Gasteiger partial charge is 0.318 e. The minimum Gasteiger partial charge on any atom is -0.455 e. The maximum atomic E-state index is 12.8. The molecule has 3 aliphatic heterocycles. The highest BCUT2D eigenvalue weighted by Gasteiger charge is 2.46. The van der Waals surface area contributed by atoms with Gasteiger partial charge >= 0.3 is 6.03 Å². The molecule has 27 heavy (non-hydrogen) atoms. The number of amides is 3. The van der Waals surface area contributed by atoms with E-state index in [1.165, 1.54) is 0 Å². The van der Waals surface area contributed by atoms with E-state index in [0.29, 0.717) is 31.4 Å². The summed E-state index contributed by atoms with van der Waals surface area (Å²) in [5, 5.41) is 6.46. The molecule has 3 saturated heterocycles.